The number of hydrogen-bond donors (Lipinski definition) is 0. The normalized spacial score (nSPS) is 16.8. The highest BCUT2D eigenvalue weighted by Crippen LogP contribution is 2.08. The molecule has 1 saturated heterocycles. The molecular weight excluding hydrogens is 285 g/mol. The first kappa shape index (κ1) is 16.2. The van der Waals surface area contributed by atoms with Gasteiger partial charge in [0, 0.05) is 24.5 Å². The van der Waals surface area contributed by atoms with Crippen molar-refractivity contribution in [1.29, 1.82) is 0 Å². The maximum atomic E-state index is 6.00. The third-order valence-corrected chi connectivity index (χ3v) is 3.28. The van der Waals surface area contributed by atoms with E-state index < -0.39 is 0 Å². The van der Waals surface area contributed by atoms with Gasteiger partial charge in [-0.05, 0) is 38.1 Å². The molecule has 2 heterocycles. The second-order valence-corrected chi connectivity index (χ2v) is 4.72. The van der Waals surface area contributed by atoms with Crippen molar-refractivity contribution in [2.24, 2.45) is 5.16 Å². The van der Waals surface area contributed by atoms with Crippen molar-refractivity contribution >= 4 is 29.2 Å². The van der Waals surface area contributed by atoms with E-state index in [1.807, 2.05) is 12.1 Å². The molecule has 1 aromatic rings. The fourth-order valence-corrected chi connectivity index (χ4v) is 2.15. The molecule has 2 rings (SSSR count). The molecule has 0 amide bonds. The predicted octanol–water partition coefficient (Wildman–Crippen LogP) is 2.91. The van der Waals surface area contributed by atoms with Gasteiger partial charge in [0.2, 0.25) is 0 Å². The summed E-state index contributed by atoms with van der Waals surface area (Å²) in [5.74, 6) is 0. The summed E-state index contributed by atoms with van der Waals surface area (Å²) in [6.07, 6.45) is 7.30. The van der Waals surface area contributed by atoms with E-state index in [0.29, 0.717) is 11.8 Å². The van der Waals surface area contributed by atoms with Crippen molar-refractivity contribution in [3.63, 3.8) is 0 Å². The zero-order valence-corrected chi connectivity index (χ0v) is 12.4. The Kier molecular flexibility index (Phi) is 7.79. The fraction of sp³-hybridized carbons (Fsp3) is 0.538. The van der Waals surface area contributed by atoms with E-state index in [4.69, 9.17) is 16.4 Å². The number of rotatable bonds is 5. The van der Waals surface area contributed by atoms with Gasteiger partial charge in [0.25, 0.3) is 0 Å². The Morgan fingerprint density at radius 2 is 2.16 bits per heavy atom. The van der Waals surface area contributed by atoms with Crippen LogP contribution in [0.3, 0.4) is 0 Å². The predicted molar refractivity (Wildman–Crippen MR) is 80.1 cm³/mol. The zero-order valence-electron chi connectivity index (χ0n) is 10.8. The van der Waals surface area contributed by atoms with E-state index in [0.717, 1.165) is 12.1 Å². The third kappa shape index (κ3) is 5.76. The minimum atomic E-state index is 0. The lowest BCUT2D eigenvalue weighted by atomic mass is 10.1. The maximum absolute atomic E-state index is 6.00. The molecule has 1 aromatic heterocycles. The van der Waals surface area contributed by atoms with Gasteiger partial charge in [-0.15, -0.1) is 12.4 Å². The lowest BCUT2D eigenvalue weighted by Gasteiger charge is -2.25. The minimum Gasteiger partial charge on any atom is -0.393 e. The number of aromatic nitrogens is 1. The number of piperidine rings is 1. The highest BCUT2D eigenvalue weighted by atomic mass is 35.5. The van der Waals surface area contributed by atoms with Crippen molar-refractivity contribution in [2.75, 3.05) is 26.2 Å². The molecule has 0 aromatic carbocycles. The first-order valence-corrected chi connectivity index (χ1v) is 6.72. The molecule has 6 heteroatoms. The van der Waals surface area contributed by atoms with Gasteiger partial charge < -0.3 is 4.84 Å². The topological polar surface area (TPSA) is 37.7 Å². The molecule has 0 spiro atoms. The average Bonchev–Trinajstić information content (AvgIpc) is 2.45. The van der Waals surface area contributed by atoms with Crippen molar-refractivity contribution in [1.82, 2.24) is 9.88 Å². The lowest BCUT2D eigenvalue weighted by Crippen LogP contribution is -2.32. The molecule has 0 N–H and O–H groups in total. The van der Waals surface area contributed by atoms with Crippen molar-refractivity contribution in [2.45, 2.75) is 19.3 Å². The number of hydrogen-bond acceptors (Lipinski definition) is 4. The van der Waals surface area contributed by atoms with E-state index >= 15 is 0 Å². The molecular formula is C13H19Cl2N3O. The molecule has 0 unspecified atom stereocenters. The summed E-state index contributed by atoms with van der Waals surface area (Å²) in [6.45, 7) is 3.84. The van der Waals surface area contributed by atoms with Gasteiger partial charge in [0.05, 0.1) is 0 Å². The molecule has 19 heavy (non-hydrogen) atoms. The highest BCUT2D eigenvalue weighted by molar-refractivity contribution is 6.69. The van der Waals surface area contributed by atoms with E-state index in [9.17, 15) is 0 Å². The second-order valence-electron chi connectivity index (χ2n) is 4.36. The first-order valence-electron chi connectivity index (χ1n) is 6.34. The van der Waals surface area contributed by atoms with Gasteiger partial charge in [-0.1, -0.05) is 23.2 Å². The van der Waals surface area contributed by atoms with Crippen LogP contribution >= 0.6 is 24.0 Å². The van der Waals surface area contributed by atoms with Gasteiger partial charge in [0.1, 0.15) is 6.61 Å². The molecule has 106 valence electrons. The van der Waals surface area contributed by atoms with Crippen molar-refractivity contribution in [3.8, 4) is 0 Å². The lowest BCUT2D eigenvalue weighted by molar-refractivity contribution is 0.103. The summed E-state index contributed by atoms with van der Waals surface area (Å²) in [5.41, 5.74) is 0.775. The van der Waals surface area contributed by atoms with Gasteiger partial charge in [-0.3, -0.25) is 9.88 Å². The summed E-state index contributed by atoms with van der Waals surface area (Å²) in [6, 6.07) is 3.67. The summed E-state index contributed by atoms with van der Waals surface area (Å²) in [4.78, 5) is 11.6. The summed E-state index contributed by atoms with van der Waals surface area (Å²) in [5, 5.41) is 4.24. The molecule has 0 saturated carbocycles. The first-order chi connectivity index (χ1) is 8.86. The Hall–Kier alpha value is -0.840. The number of likely N-dealkylation sites (tertiary alicyclic amines) is 1. The van der Waals surface area contributed by atoms with E-state index in [2.05, 4.69) is 15.0 Å². The summed E-state index contributed by atoms with van der Waals surface area (Å²) < 4.78 is 0. The number of nitrogens with zero attached hydrogens (tertiary/aromatic N) is 3. The van der Waals surface area contributed by atoms with Crippen LogP contribution in [0.4, 0.5) is 0 Å². The van der Waals surface area contributed by atoms with Crippen molar-refractivity contribution in [3.05, 3.63) is 30.1 Å². The summed E-state index contributed by atoms with van der Waals surface area (Å²) in [7, 11) is 0. The molecule has 0 atom stereocenters. The monoisotopic (exact) mass is 303 g/mol. The molecule has 0 radical (unpaired) electrons. The second kappa shape index (κ2) is 9.13. The van der Waals surface area contributed by atoms with Crippen LogP contribution in [-0.4, -0.2) is 41.3 Å². The third-order valence-electron chi connectivity index (χ3n) is 2.99. The summed E-state index contributed by atoms with van der Waals surface area (Å²) >= 11 is 6.00. The average molecular weight is 304 g/mol. The minimum absolute atomic E-state index is 0. The largest absolute Gasteiger partial charge is 0.393 e. The van der Waals surface area contributed by atoms with Crippen LogP contribution < -0.4 is 0 Å². The smallest absolute Gasteiger partial charge is 0.177 e. The van der Waals surface area contributed by atoms with E-state index in [1.165, 1.54) is 32.4 Å². The Bertz CT molecular complexity index is 381. The zero-order chi connectivity index (χ0) is 12.6. The van der Waals surface area contributed by atoms with Crippen LogP contribution in [-0.2, 0) is 4.84 Å². The standard InChI is InChI=1S/C13H18ClN3O.ClH/c14-13(12-5-4-6-15-11-12)16-18-10-9-17-7-2-1-3-8-17;/h4-6,11H,1-3,7-10H2;1H. The molecule has 1 aliphatic rings. The van der Waals surface area contributed by atoms with Crippen LogP contribution in [0.25, 0.3) is 0 Å². The molecule has 0 bridgehead atoms. The number of oxime groups is 1. The van der Waals surface area contributed by atoms with Gasteiger partial charge in [0.15, 0.2) is 5.17 Å². The van der Waals surface area contributed by atoms with Gasteiger partial charge >= 0.3 is 0 Å². The Morgan fingerprint density at radius 1 is 1.37 bits per heavy atom. The molecule has 1 fully saturated rings. The SMILES string of the molecule is Cl.ClC(=NOCCN1CCCCC1)c1cccnc1. The Morgan fingerprint density at radius 3 is 2.84 bits per heavy atom. The van der Waals surface area contributed by atoms with Crippen LogP contribution in [0, 0.1) is 0 Å². The van der Waals surface area contributed by atoms with Crippen molar-refractivity contribution < 1.29 is 4.84 Å². The van der Waals surface area contributed by atoms with E-state index in [-0.39, 0.29) is 12.4 Å². The maximum Gasteiger partial charge on any atom is 0.177 e. The highest BCUT2D eigenvalue weighted by Gasteiger charge is 2.09. The van der Waals surface area contributed by atoms with Gasteiger partial charge in [-0.2, -0.15) is 0 Å². The number of pyridine rings is 1. The van der Waals surface area contributed by atoms with Gasteiger partial charge in [-0.25, -0.2) is 0 Å². The molecule has 0 aliphatic carbocycles. The van der Waals surface area contributed by atoms with Crippen LogP contribution in [0.5, 0.6) is 0 Å². The molecule has 4 nitrogen and oxygen atoms in total. The fourth-order valence-electron chi connectivity index (χ4n) is 1.99. The van der Waals surface area contributed by atoms with Crippen LogP contribution in [0.1, 0.15) is 24.8 Å². The van der Waals surface area contributed by atoms with Crippen LogP contribution in [0.2, 0.25) is 0 Å². The number of halogens is 2. The Balaban J connectivity index is 0.00000180. The quantitative estimate of drug-likeness (QED) is 0.477. The molecule has 1 aliphatic heterocycles. The van der Waals surface area contributed by atoms with Crippen LogP contribution in [0.15, 0.2) is 29.7 Å². The van der Waals surface area contributed by atoms with E-state index in [1.54, 1.807) is 12.4 Å². The Labute approximate surface area is 125 Å².